The lowest BCUT2D eigenvalue weighted by Gasteiger charge is -2.29. The van der Waals surface area contributed by atoms with Crippen LogP contribution in [0.15, 0.2) is 72.3 Å². The fraction of sp³-hybridized carbons (Fsp3) is 0.300. The van der Waals surface area contributed by atoms with Crippen LogP contribution in [0.25, 0.3) is 17.2 Å². The SMILES string of the molecule is C[N+](C)(CCCO)Cc1ccc(NC(=O)C2=Cc3cc(-c4ccc(CN)cc4)ccc3OCC2)cc1.[I-]. The van der Waals surface area contributed by atoms with Crippen molar-refractivity contribution < 1.29 is 43.1 Å². The molecule has 0 aromatic heterocycles. The average molecular weight is 614 g/mol. The van der Waals surface area contributed by atoms with Crippen molar-refractivity contribution in [1.82, 2.24) is 0 Å². The largest absolute Gasteiger partial charge is 1.00 e. The second-order valence-electron chi connectivity index (χ2n) is 9.97. The van der Waals surface area contributed by atoms with Crippen molar-refractivity contribution in [1.29, 1.82) is 0 Å². The van der Waals surface area contributed by atoms with Gasteiger partial charge in [-0.2, -0.15) is 0 Å². The van der Waals surface area contributed by atoms with E-state index in [1.54, 1.807) is 0 Å². The van der Waals surface area contributed by atoms with Gasteiger partial charge in [-0.15, -0.1) is 0 Å². The van der Waals surface area contributed by atoms with E-state index < -0.39 is 0 Å². The van der Waals surface area contributed by atoms with Crippen molar-refractivity contribution >= 4 is 17.7 Å². The first-order valence-electron chi connectivity index (χ1n) is 12.5. The molecule has 0 saturated carbocycles. The van der Waals surface area contributed by atoms with Crippen LogP contribution in [-0.2, 0) is 17.9 Å². The maximum atomic E-state index is 13.1. The number of quaternary nitrogens is 1. The molecule has 7 heteroatoms. The van der Waals surface area contributed by atoms with Crippen LogP contribution in [0.1, 0.15) is 29.5 Å². The van der Waals surface area contributed by atoms with Crippen molar-refractivity contribution in [3.05, 3.63) is 89.0 Å². The fourth-order valence-corrected chi connectivity index (χ4v) is 4.49. The number of hydrogen-bond acceptors (Lipinski definition) is 4. The summed E-state index contributed by atoms with van der Waals surface area (Å²) in [6, 6.07) is 22.3. The number of carbonyl (C=O) groups excluding carboxylic acids is 1. The zero-order valence-electron chi connectivity index (χ0n) is 21.5. The molecule has 0 unspecified atom stereocenters. The van der Waals surface area contributed by atoms with Crippen molar-refractivity contribution in [2.45, 2.75) is 25.9 Å². The number of nitrogens with one attached hydrogen (secondary N) is 1. The van der Waals surface area contributed by atoms with Gasteiger partial charge >= 0.3 is 0 Å². The Morgan fingerprint density at radius 2 is 1.68 bits per heavy atom. The number of anilines is 1. The summed E-state index contributed by atoms with van der Waals surface area (Å²) < 4.78 is 6.73. The average Bonchev–Trinajstić information content (AvgIpc) is 3.11. The number of nitrogens with zero attached hydrogens (tertiary/aromatic N) is 1. The second kappa shape index (κ2) is 13.2. The van der Waals surface area contributed by atoms with Crippen molar-refractivity contribution in [3.63, 3.8) is 0 Å². The lowest BCUT2D eigenvalue weighted by Crippen LogP contribution is -3.00. The number of fused-ring (bicyclic) bond motifs is 1. The summed E-state index contributed by atoms with van der Waals surface area (Å²) in [6.07, 6.45) is 3.26. The van der Waals surface area contributed by atoms with Gasteiger partial charge in [-0.1, -0.05) is 42.5 Å². The van der Waals surface area contributed by atoms with E-state index in [-0.39, 0.29) is 36.5 Å². The first-order chi connectivity index (χ1) is 17.4. The summed E-state index contributed by atoms with van der Waals surface area (Å²) >= 11 is 0. The lowest BCUT2D eigenvalue weighted by molar-refractivity contribution is -0.903. The summed E-state index contributed by atoms with van der Waals surface area (Å²) in [5.41, 5.74) is 12.5. The molecule has 6 nitrogen and oxygen atoms in total. The van der Waals surface area contributed by atoms with E-state index in [2.05, 4.69) is 49.7 Å². The lowest BCUT2D eigenvalue weighted by atomic mass is 10.00. The van der Waals surface area contributed by atoms with E-state index in [9.17, 15) is 4.79 Å². The highest BCUT2D eigenvalue weighted by Crippen LogP contribution is 2.31. The third-order valence-electron chi connectivity index (χ3n) is 6.53. The number of rotatable bonds is 9. The van der Waals surface area contributed by atoms with Crippen LogP contribution in [0, 0.1) is 0 Å². The minimum atomic E-state index is -0.115. The van der Waals surface area contributed by atoms with E-state index in [0.717, 1.165) is 57.7 Å². The van der Waals surface area contributed by atoms with Crippen LogP contribution in [0.3, 0.4) is 0 Å². The molecular weight excluding hydrogens is 577 g/mol. The first kappa shape index (κ1) is 28.8. The quantitative estimate of drug-likeness (QED) is 0.253. The number of carbonyl (C=O) groups is 1. The first-order valence-corrected chi connectivity index (χ1v) is 12.5. The number of nitrogens with two attached hydrogens (primary N) is 1. The molecule has 4 rings (SSSR count). The minimum absolute atomic E-state index is 0. The van der Waals surface area contributed by atoms with Crippen LogP contribution in [0.4, 0.5) is 5.69 Å². The van der Waals surface area contributed by atoms with Gasteiger partial charge in [0, 0.05) is 48.4 Å². The number of hydrogen-bond donors (Lipinski definition) is 3. The monoisotopic (exact) mass is 613 g/mol. The molecule has 0 aliphatic carbocycles. The number of aliphatic hydroxyl groups excluding tert-OH is 1. The summed E-state index contributed by atoms with van der Waals surface area (Å²) in [7, 11) is 4.31. The molecule has 0 radical (unpaired) electrons. The molecule has 4 N–H and O–H groups in total. The molecule has 0 spiro atoms. The molecule has 196 valence electrons. The smallest absolute Gasteiger partial charge is 0.251 e. The van der Waals surface area contributed by atoms with Crippen molar-refractivity contribution in [2.75, 3.05) is 39.2 Å². The van der Waals surface area contributed by atoms with Crippen molar-refractivity contribution in [2.24, 2.45) is 5.73 Å². The maximum absolute atomic E-state index is 13.1. The molecule has 3 aromatic rings. The molecule has 37 heavy (non-hydrogen) atoms. The van der Waals surface area contributed by atoms with Gasteiger partial charge in [0.25, 0.3) is 5.91 Å². The Bertz CT molecular complexity index is 1220. The van der Waals surface area contributed by atoms with E-state index in [1.807, 2.05) is 42.5 Å². The van der Waals surface area contributed by atoms with Crippen LogP contribution >= 0.6 is 0 Å². The standard InChI is InChI=1S/C30H35N3O3.HI/c1-33(2,15-3-16-34)21-23-6-11-28(12-7-23)32-30(35)26-14-17-36-29-13-10-25(18-27(29)19-26)24-8-4-22(20-31)5-9-24;/h4-13,18-19,34H,3,14-17,20-21,31H2,1-2H3;1H. The summed E-state index contributed by atoms with van der Waals surface area (Å²) in [5, 5.41) is 12.2. The molecular formula is C30H36IN3O3. The van der Waals surface area contributed by atoms with Gasteiger partial charge < -0.3 is 49.4 Å². The van der Waals surface area contributed by atoms with Crippen LogP contribution in [0.5, 0.6) is 5.75 Å². The Balaban J connectivity index is 0.00000380. The van der Waals surface area contributed by atoms with Crippen LogP contribution in [-0.4, -0.2) is 49.4 Å². The number of amides is 1. The van der Waals surface area contributed by atoms with Crippen molar-refractivity contribution in [3.8, 4) is 16.9 Å². The highest BCUT2D eigenvalue weighted by atomic mass is 127. The van der Waals surface area contributed by atoms with Crippen LogP contribution in [0.2, 0.25) is 0 Å². The number of halogens is 1. The number of benzene rings is 3. The van der Waals surface area contributed by atoms with Gasteiger partial charge in [0.1, 0.15) is 12.3 Å². The Morgan fingerprint density at radius 1 is 1.00 bits per heavy atom. The molecule has 1 aliphatic rings. The van der Waals surface area contributed by atoms with E-state index in [0.29, 0.717) is 25.1 Å². The summed E-state index contributed by atoms with van der Waals surface area (Å²) in [4.78, 5) is 13.1. The number of ether oxygens (including phenoxy) is 1. The van der Waals surface area contributed by atoms with Gasteiger partial charge in [0.15, 0.2) is 0 Å². The van der Waals surface area contributed by atoms with Gasteiger partial charge in [-0.05, 0) is 47.0 Å². The molecule has 1 amide bonds. The molecule has 0 fully saturated rings. The second-order valence-corrected chi connectivity index (χ2v) is 9.97. The summed E-state index contributed by atoms with van der Waals surface area (Å²) in [6.45, 7) is 2.96. The van der Waals surface area contributed by atoms with Gasteiger partial charge in [0.05, 0.1) is 27.2 Å². The highest BCUT2D eigenvalue weighted by Gasteiger charge is 2.18. The predicted molar refractivity (Wildman–Crippen MR) is 145 cm³/mol. The molecule has 0 atom stereocenters. The topological polar surface area (TPSA) is 84.6 Å². The third kappa shape index (κ3) is 7.88. The predicted octanol–water partition coefficient (Wildman–Crippen LogP) is 1.58. The Labute approximate surface area is 236 Å². The Kier molecular flexibility index (Phi) is 10.3. The summed E-state index contributed by atoms with van der Waals surface area (Å²) in [5.74, 6) is 0.669. The van der Waals surface area contributed by atoms with Gasteiger partial charge in [0.2, 0.25) is 0 Å². The number of aliphatic hydroxyl groups is 1. The fourth-order valence-electron chi connectivity index (χ4n) is 4.49. The van der Waals surface area contributed by atoms with E-state index in [1.165, 1.54) is 5.56 Å². The van der Waals surface area contributed by atoms with Crippen LogP contribution < -0.4 is 39.8 Å². The normalized spacial score (nSPS) is 12.9. The van der Waals surface area contributed by atoms with Gasteiger partial charge in [-0.3, -0.25) is 4.79 Å². The minimum Gasteiger partial charge on any atom is -1.00 e. The Morgan fingerprint density at radius 3 is 2.35 bits per heavy atom. The zero-order valence-corrected chi connectivity index (χ0v) is 23.7. The molecule has 1 aliphatic heterocycles. The molecule has 0 saturated heterocycles. The van der Waals surface area contributed by atoms with Gasteiger partial charge in [-0.25, -0.2) is 0 Å². The van der Waals surface area contributed by atoms with E-state index >= 15 is 0 Å². The molecule has 1 heterocycles. The maximum Gasteiger partial charge on any atom is 0.251 e. The highest BCUT2D eigenvalue weighted by molar-refractivity contribution is 6.07. The Hall–Kier alpha value is -2.72. The third-order valence-corrected chi connectivity index (χ3v) is 6.53. The molecule has 3 aromatic carbocycles. The zero-order chi connectivity index (χ0) is 25.5. The molecule has 0 bridgehead atoms. The van der Waals surface area contributed by atoms with E-state index in [4.69, 9.17) is 15.6 Å².